The third-order valence-corrected chi connectivity index (χ3v) is 2.46. The van der Waals surface area contributed by atoms with Crippen molar-refractivity contribution in [3.63, 3.8) is 0 Å². The van der Waals surface area contributed by atoms with Crippen molar-refractivity contribution in [1.82, 2.24) is 10.9 Å². The molecule has 2 N–H and O–H groups in total. The summed E-state index contributed by atoms with van der Waals surface area (Å²) in [6.45, 7) is 5.62. The molecule has 0 heterocycles. The number of amides is 2. The number of ether oxygens (including phenoxy) is 2. The first-order chi connectivity index (χ1) is 9.81. The summed E-state index contributed by atoms with van der Waals surface area (Å²) in [6, 6.07) is 7.02. The molecular formula is C15H22N2O4. The third kappa shape index (κ3) is 6.65. The van der Waals surface area contributed by atoms with Crippen molar-refractivity contribution in [3.05, 3.63) is 24.3 Å². The van der Waals surface area contributed by atoms with Crippen LogP contribution in [-0.2, 0) is 9.59 Å². The summed E-state index contributed by atoms with van der Waals surface area (Å²) in [5, 5.41) is 0. The number of para-hydroxylation sites is 2. The number of hydrogen-bond donors (Lipinski definition) is 2. The van der Waals surface area contributed by atoms with Crippen molar-refractivity contribution in [3.8, 4) is 11.5 Å². The second-order valence-corrected chi connectivity index (χ2v) is 5.77. The van der Waals surface area contributed by atoms with Gasteiger partial charge in [0.1, 0.15) is 0 Å². The number of hydrazine groups is 1. The van der Waals surface area contributed by atoms with E-state index in [1.165, 1.54) is 7.11 Å². The van der Waals surface area contributed by atoms with E-state index in [-0.39, 0.29) is 17.9 Å². The van der Waals surface area contributed by atoms with E-state index < -0.39 is 5.91 Å². The van der Waals surface area contributed by atoms with Crippen molar-refractivity contribution in [2.75, 3.05) is 13.7 Å². The Labute approximate surface area is 124 Å². The van der Waals surface area contributed by atoms with Gasteiger partial charge >= 0.3 is 0 Å². The number of carbonyl (C=O) groups excluding carboxylic acids is 2. The van der Waals surface area contributed by atoms with E-state index in [1.54, 1.807) is 24.3 Å². The fraction of sp³-hybridized carbons (Fsp3) is 0.467. The van der Waals surface area contributed by atoms with Gasteiger partial charge in [-0.2, -0.15) is 0 Å². The largest absolute Gasteiger partial charge is 0.493 e. The van der Waals surface area contributed by atoms with Gasteiger partial charge in [-0.15, -0.1) is 0 Å². The first-order valence-corrected chi connectivity index (χ1v) is 6.65. The van der Waals surface area contributed by atoms with Crippen LogP contribution in [0, 0.1) is 5.41 Å². The van der Waals surface area contributed by atoms with Gasteiger partial charge in [-0.3, -0.25) is 20.4 Å². The van der Waals surface area contributed by atoms with Gasteiger partial charge in [0.2, 0.25) is 5.91 Å². The maximum Gasteiger partial charge on any atom is 0.276 e. The normalized spacial score (nSPS) is 10.7. The standard InChI is InChI=1S/C15H22N2O4/c1-15(2,3)9-13(18)16-17-14(19)10-21-12-8-6-5-7-11(12)20-4/h5-8H,9-10H2,1-4H3,(H,16,18)(H,17,19). The number of nitrogens with one attached hydrogen (secondary N) is 2. The minimum atomic E-state index is -0.442. The number of methoxy groups -OCH3 is 1. The maximum atomic E-state index is 11.6. The SMILES string of the molecule is COc1ccccc1OCC(=O)NNC(=O)CC(C)(C)C. The quantitative estimate of drug-likeness (QED) is 0.810. The fourth-order valence-electron chi connectivity index (χ4n) is 1.58. The zero-order valence-corrected chi connectivity index (χ0v) is 12.9. The Morgan fingerprint density at radius 2 is 1.62 bits per heavy atom. The molecule has 0 fully saturated rings. The molecule has 0 spiro atoms. The lowest BCUT2D eigenvalue weighted by atomic mass is 9.92. The van der Waals surface area contributed by atoms with Gasteiger partial charge in [-0.05, 0) is 17.5 Å². The highest BCUT2D eigenvalue weighted by Gasteiger charge is 2.16. The molecule has 1 rings (SSSR count). The molecular weight excluding hydrogens is 272 g/mol. The monoisotopic (exact) mass is 294 g/mol. The van der Waals surface area contributed by atoms with Crippen LogP contribution in [0.2, 0.25) is 0 Å². The Bertz CT molecular complexity index is 495. The number of rotatable bonds is 5. The van der Waals surface area contributed by atoms with Crippen LogP contribution >= 0.6 is 0 Å². The van der Waals surface area contributed by atoms with Crippen molar-refractivity contribution in [2.45, 2.75) is 27.2 Å². The average Bonchev–Trinajstić information content (AvgIpc) is 2.41. The molecule has 0 aliphatic rings. The molecule has 0 saturated carbocycles. The van der Waals surface area contributed by atoms with Crippen molar-refractivity contribution >= 4 is 11.8 Å². The van der Waals surface area contributed by atoms with Gasteiger partial charge in [0, 0.05) is 6.42 Å². The first kappa shape index (κ1) is 16.8. The highest BCUT2D eigenvalue weighted by molar-refractivity contribution is 5.83. The molecule has 0 radical (unpaired) electrons. The molecule has 0 aliphatic heterocycles. The smallest absolute Gasteiger partial charge is 0.276 e. The molecule has 21 heavy (non-hydrogen) atoms. The second-order valence-electron chi connectivity index (χ2n) is 5.77. The Morgan fingerprint density at radius 1 is 1.05 bits per heavy atom. The van der Waals surface area contributed by atoms with Gasteiger partial charge in [0.25, 0.3) is 5.91 Å². The predicted molar refractivity (Wildman–Crippen MR) is 78.8 cm³/mol. The molecule has 0 aromatic heterocycles. The van der Waals surface area contributed by atoms with Crippen molar-refractivity contribution in [2.24, 2.45) is 5.41 Å². The number of carbonyl (C=O) groups is 2. The summed E-state index contributed by atoms with van der Waals surface area (Å²) in [6.07, 6.45) is 0.320. The number of benzene rings is 1. The van der Waals surface area contributed by atoms with Crippen LogP contribution in [0.15, 0.2) is 24.3 Å². The van der Waals surface area contributed by atoms with Crippen molar-refractivity contribution < 1.29 is 19.1 Å². The van der Waals surface area contributed by atoms with Gasteiger partial charge in [-0.25, -0.2) is 0 Å². The van der Waals surface area contributed by atoms with Gasteiger partial charge in [0.05, 0.1) is 7.11 Å². The maximum absolute atomic E-state index is 11.6. The lowest BCUT2D eigenvalue weighted by molar-refractivity contribution is -0.130. The Kier molecular flexibility index (Phi) is 6.02. The van der Waals surface area contributed by atoms with E-state index in [2.05, 4.69) is 10.9 Å². The van der Waals surface area contributed by atoms with E-state index in [9.17, 15) is 9.59 Å². The predicted octanol–water partition coefficient (Wildman–Crippen LogP) is 1.66. The van der Waals surface area contributed by atoms with E-state index in [0.717, 1.165) is 0 Å². The van der Waals surface area contributed by atoms with E-state index in [1.807, 2.05) is 20.8 Å². The van der Waals surface area contributed by atoms with E-state index in [0.29, 0.717) is 17.9 Å². The van der Waals surface area contributed by atoms with Crippen molar-refractivity contribution in [1.29, 1.82) is 0 Å². The lowest BCUT2D eigenvalue weighted by Crippen LogP contribution is -2.44. The van der Waals surface area contributed by atoms with Crippen LogP contribution < -0.4 is 20.3 Å². The highest BCUT2D eigenvalue weighted by atomic mass is 16.5. The number of hydrogen-bond acceptors (Lipinski definition) is 4. The molecule has 0 atom stereocenters. The summed E-state index contributed by atoms with van der Waals surface area (Å²) < 4.78 is 10.4. The van der Waals surface area contributed by atoms with Crippen LogP contribution in [0.3, 0.4) is 0 Å². The molecule has 116 valence electrons. The van der Waals surface area contributed by atoms with Crippen LogP contribution in [0.1, 0.15) is 27.2 Å². The molecule has 0 unspecified atom stereocenters. The Balaban J connectivity index is 2.36. The molecule has 1 aromatic rings. The van der Waals surface area contributed by atoms with Gasteiger partial charge in [0.15, 0.2) is 18.1 Å². The summed E-state index contributed by atoms with van der Waals surface area (Å²) in [5.41, 5.74) is 4.53. The molecule has 1 aromatic carbocycles. The molecule has 0 saturated heterocycles. The first-order valence-electron chi connectivity index (χ1n) is 6.65. The molecule has 0 aliphatic carbocycles. The fourth-order valence-corrected chi connectivity index (χ4v) is 1.58. The van der Waals surface area contributed by atoms with Crippen LogP contribution in [0.5, 0.6) is 11.5 Å². The van der Waals surface area contributed by atoms with Crippen LogP contribution in [0.4, 0.5) is 0 Å². The van der Waals surface area contributed by atoms with Crippen LogP contribution in [-0.4, -0.2) is 25.5 Å². The average molecular weight is 294 g/mol. The second kappa shape index (κ2) is 7.52. The molecule has 6 heteroatoms. The minimum absolute atomic E-state index is 0.136. The molecule has 2 amide bonds. The summed E-state index contributed by atoms with van der Waals surface area (Å²) >= 11 is 0. The van der Waals surface area contributed by atoms with E-state index in [4.69, 9.17) is 9.47 Å². The summed E-state index contributed by atoms with van der Waals surface area (Å²) in [4.78, 5) is 23.1. The Morgan fingerprint density at radius 3 is 2.19 bits per heavy atom. The van der Waals surface area contributed by atoms with Crippen LogP contribution in [0.25, 0.3) is 0 Å². The minimum Gasteiger partial charge on any atom is -0.493 e. The zero-order chi connectivity index (χ0) is 15.9. The summed E-state index contributed by atoms with van der Waals surface area (Å²) in [5.74, 6) is 0.328. The molecule has 6 nitrogen and oxygen atoms in total. The lowest BCUT2D eigenvalue weighted by Gasteiger charge is -2.17. The van der Waals surface area contributed by atoms with Gasteiger partial charge < -0.3 is 9.47 Å². The summed E-state index contributed by atoms with van der Waals surface area (Å²) in [7, 11) is 1.52. The van der Waals surface area contributed by atoms with E-state index >= 15 is 0 Å². The molecule has 0 bridgehead atoms. The highest BCUT2D eigenvalue weighted by Crippen LogP contribution is 2.25. The Hall–Kier alpha value is -2.24. The van der Waals surface area contributed by atoms with Gasteiger partial charge in [-0.1, -0.05) is 32.9 Å². The topological polar surface area (TPSA) is 76.7 Å². The third-order valence-electron chi connectivity index (χ3n) is 2.46. The zero-order valence-electron chi connectivity index (χ0n) is 12.9.